The van der Waals surface area contributed by atoms with Crippen LogP contribution < -0.4 is 21.7 Å². The van der Waals surface area contributed by atoms with E-state index in [0.29, 0.717) is 16.8 Å². The van der Waals surface area contributed by atoms with Gasteiger partial charge in [0.15, 0.2) is 5.82 Å². The molecule has 2 aromatic heterocycles. The van der Waals surface area contributed by atoms with Crippen LogP contribution in [0.15, 0.2) is 65.7 Å². The lowest BCUT2D eigenvalue weighted by molar-refractivity contribution is -0.111. The highest BCUT2D eigenvalue weighted by molar-refractivity contribution is 6.02. The molecule has 0 unspecified atom stereocenters. The van der Waals surface area contributed by atoms with Gasteiger partial charge >= 0.3 is 6.03 Å². The van der Waals surface area contributed by atoms with Gasteiger partial charge in [0, 0.05) is 22.6 Å². The highest BCUT2D eigenvalue weighted by Crippen LogP contribution is 2.32. The lowest BCUT2D eigenvalue weighted by Crippen LogP contribution is -2.19. The number of pyridine rings is 1. The molecule has 0 radical (unpaired) electrons. The highest BCUT2D eigenvalue weighted by atomic mass is 19.1. The monoisotopic (exact) mass is 446 g/mol. The summed E-state index contributed by atoms with van der Waals surface area (Å²) in [5, 5.41) is 11.9. The van der Waals surface area contributed by atoms with E-state index in [1.807, 2.05) is 25.1 Å². The molecule has 2 heterocycles. The fraction of sp³-hybridized carbons (Fsp3) is 0.0435. The molecular formula is C23H19FN6O3. The first kappa shape index (κ1) is 21.5. The number of aryl methyl sites for hydroxylation is 1. The Bertz CT molecular complexity index is 1380. The Hall–Kier alpha value is -4.73. The van der Waals surface area contributed by atoms with Gasteiger partial charge in [-0.05, 0) is 55.0 Å². The third kappa shape index (κ3) is 4.64. The standard InChI is InChI=1S/C23H19FN6O3/c1-3-19(31)29-18-9-8-15(11-17(18)24)28-23(32)27-14-6-4-13(5-7-14)16-10-12(2)26-22-20(16)21(25)30-33-22/h3-11H,1H2,2H3,(H2,25,30)(H,29,31)(H2,27,28,32). The maximum absolute atomic E-state index is 14.1. The minimum Gasteiger partial charge on any atom is -0.380 e. The number of hydrogen-bond acceptors (Lipinski definition) is 6. The van der Waals surface area contributed by atoms with Crippen LogP contribution in [-0.2, 0) is 4.79 Å². The Kier molecular flexibility index (Phi) is 5.73. The number of amides is 3. The molecule has 0 spiro atoms. The van der Waals surface area contributed by atoms with Crippen molar-refractivity contribution >= 4 is 45.9 Å². The molecule has 0 saturated carbocycles. The van der Waals surface area contributed by atoms with Gasteiger partial charge in [-0.3, -0.25) is 4.79 Å². The lowest BCUT2D eigenvalue weighted by atomic mass is 10.0. The Morgan fingerprint density at radius 3 is 2.45 bits per heavy atom. The topological polar surface area (TPSA) is 135 Å². The highest BCUT2D eigenvalue weighted by Gasteiger charge is 2.15. The van der Waals surface area contributed by atoms with Crippen LogP contribution in [0.25, 0.3) is 22.2 Å². The quantitative estimate of drug-likeness (QED) is 0.329. The number of rotatable bonds is 5. The molecule has 2 aromatic carbocycles. The van der Waals surface area contributed by atoms with Crippen LogP contribution in [-0.4, -0.2) is 22.1 Å². The average molecular weight is 446 g/mol. The number of aromatic nitrogens is 2. The summed E-state index contributed by atoms with van der Waals surface area (Å²) < 4.78 is 19.3. The number of nitrogen functional groups attached to an aromatic ring is 1. The molecule has 5 N–H and O–H groups in total. The molecule has 4 rings (SSSR count). The minimum atomic E-state index is -0.695. The van der Waals surface area contributed by atoms with Crippen LogP contribution in [0.3, 0.4) is 0 Å². The number of benzene rings is 2. The van der Waals surface area contributed by atoms with Crippen LogP contribution in [0.5, 0.6) is 0 Å². The summed E-state index contributed by atoms with van der Waals surface area (Å²) in [7, 11) is 0. The molecule has 0 aliphatic heterocycles. The van der Waals surface area contributed by atoms with Crippen molar-refractivity contribution in [3.05, 3.63) is 72.7 Å². The number of halogens is 1. The molecule has 0 atom stereocenters. The third-order valence-electron chi connectivity index (χ3n) is 4.72. The van der Waals surface area contributed by atoms with Crippen molar-refractivity contribution in [2.45, 2.75) is 6.92 Å². The van der Waals surface area contributed by atoms with Crippen LogP contribution in [0.1, 0.15) is 5.69 Å². The van der Waals surface area contributed by atoms with Gasteiger partial charge in [-0.1, -0.05) is 23.9 Å². The molecule has 33 heavy (non-hydrogen) atoms. The van der Waals surface area contributed by atoms with Gasteiger partial charge in [0.1, 0.15) is 5.82 Å². The molecule has 3 amide bonds. The van der Waals surface area contributed by atoms with Crippen molar-refractivity contribution in [2.24, 2.45) is 0 Å². The van der Waals surface area contributed by atoms with Crippen LogP contribution in [0.2, 0.25) is 0 Å². The summed E-state index contributed by atoms with van der Waals surface area (Å²) in [4.78, 5) is 27.9. The van der Waals surface area contributed by atoms with Crippen molar-refractivity contribution in [3.63, 3.8) is 0 Å². The van der Waals surface area contributed by atoms with E-state index < -0.39 is 17.8 Å². The zero-order valence-electron chi connectivity index (χ0n) is 17.5. The second-order valence-electron chi connectivity index (χ2n) is 7.10. The van der Waals surface area contributed by atoms with Crippen molar-refractivity contribution in [2.75, 3.05) is 21.7 Å². The van der Waals surface area contributed by atoms with Gasteiger partial charge in [0.25, 0.3) is 5.71 Å². The van der Waals surface area contributed by atoms with Crippen molar-refractivity contribution in [1.29, 1.82) is 0 Å². The molecule has 0 saturated heterocycles. The van der Waals surface area contributed by atoms with E-state index >= 15 is 0 Å². The van der Waals surface area contributed by atoms with Gasteiger partial charge in [0.05, 0.1) is 11.1 Å². The van der Waals surface area contributed by atoms with E-state index in [1.54, 1.807) is 12.1 Å². The van der Waals surface area contributed by atoms with E-state index in [0.717, 1.165) is 29.0 Å². The van der Waals surface area contributed by atoms with Gasteiger partial charge in [-0.15, -0.1) is 0 Å². The molecule has 0 bridgehead atoms. The normalized spacial score (nSPS) is 10.6. The predicted octanol–water partition coefficient (Wildman–Crippen LogP) is 4.69. The van der Waals surface area contributed by atoms with Crippen molar-refractivity contribution in [1.82, 2.24) is 10.1 Å². The first-order valence-corrected chi connectivity index (χ1v) is 9.78. The summed E-state index contributed by atoms with van der Waals surface area (Å²) in [6.45, 7) is 5.15. The zero-order valence-corrected chi connectivity index (χ0v) is 17.5. The molecular weight excluding hydrogens is 427 g/mol. The molecule has 9 nitrogen and oxygen atoms in total. The van der Waals surface area contributed by atoms with E-state index in [4.69, 9.17) is 10.3 Å². The zero-order chi connectivity index (χ0) is 23.5. The molecule has 0 aliphatic rings. The van der Waals surface area contributed by atoms with Crippen LogP contribution >= 0.6 is 0 Å². The average Bonchev–Trinajstić information content (AvgIpc) is 3.15. The van der Waals surface area contributed by atoms with Crippen LogP contribution in [0, 0.1) is 12.7 Å². The number of carbonyl (C=O) groups is 2. The number of nitrogens with two attached hydrogens (primary N) is 1. The van der Waals surface area contributed by atoms with Gasteiger partial charge in [-0.25, -0.2) is 14.2 Å². The van der Waals surface area contributed by atoms with Gasteiger partial charge < -0.3 is 26.2 Å². The number of urea groups is 1. The second-order valence-corrected chi connectivity index (χ2v) is 7.10. The molecule has 166 valence electrons. The van der Waals surface area contributed by atoms with E-state index in [-0.39, 0.29) is 17.2 Å². The number of nitrogens with zero attached hydrogens (tertiary/aromatic N) is 2. The van der Waals surface area contributed by atoms with E-state index in [2.05, 4.69) is 32.7 Å². The first-order valence-electron chi connectivity index (χ1n) is 9.78. The fourth-order valence-electron chi connectivity index (χ4n) is 3.23. The van der Waals surface area contributed by atoms with Gasteiger partial charge in [0.2, 0.25) is 5.91 Å². The first-order chi connectivity index (χ1) is 15.8. The van der Waals surface area contributed by atoms with Gasteiger partial charge in [-0.2, -0.15) is 0 Å². The Balaban J connectivity index is 1.46. The minimum absolute atomic E-state index is 0.0182. The van der Waals surface area contributed by atoms with Crippen molar-refractivity contribution < 1.29 is 18.5 Å². The largest absolute Gasteiger partial charge is 0.380 e. The second kappa shape index (κ2) is 8.79. The summed E-state index contributed by atoms with van der Waals surface area (Å²) in [6.07, 6.45) is 1.03. The smallest absolute Gasteiger partial charge is 0.323 e. The molecule has 0 aliphatic carbocycles. The summed E-state index contributed by atoms with van der Waals surface area (Å²) in [5.74, 6) is -0.985. The Morgan fingerprint density at radius 1 is 1.06 bits per heavy atom. The number of fused-ring (bicyclic) bond motifs is 1. The SMILES string of the molecule is C=CC(=O)Nc1ccc(NC(=O)Nc2ccc(-c3cc(C)nc4onc(N)c34)cc2)cc1F. The Morgan fingerprint density at radius 2 is 1.76 bits per heavy atom. The number of nitrogens with one attached hydrogen (secondary N) is 3. The fourth-order valence-corrected chi connectivity index (χ4v) is 3.23. The summed E-state index contributed by atoms with van der Waals surface area (Å²) in [5.41, 5.74) is 9.39. The van der Waals surface area contributed by atoms with E-state index in [1.165, 1.54) is 12.1 Å². The molecule has 0 fully saturated rings. The van der Waals surface area contributed by atoms with E-state index in [9.17, 15) is 14.0 Å². The summed E-state index contributed by atoms with van der Waals surface area (Å²) >= 11 is 0. The number of anilines is 4. The maximum Gasteiger partial charge on any atom is 0.323 e. The summed E-state index contributed by atoms with van der Waals surface area (Å²) in [6, 6.07) is 12.3. The predicted molar refractivity (Wildman–Crippen MR) is 124 cm³/mol. The molecule has 10 heteroatoms. The third-order valence-corrected chi connectivity index (χ3v) is 4.72. The number of hydrogen-bond donors (Lipinski definition) is 4. The number of carbonyl (C=O) groups excluding carboxylic acids is 2. The lowest BCUT2D eigenvalue weighted by Gasteiger charge is -2.10. The van der Waals surface area contributed by atoms with Crippen molar-refractivity contribution in [3.8, 4) is 11.1 Å². The van der Waals surface area contributed by atoms with Crippen LogP contribution in [0.4, 0.5) is 32.1 Å². The Labute approximate surface area is 187 Å². The maximum atomic E-state index is 14.1. The molecule has 4 aromatic rings.